The fourth-order valence-corrected chi connectivity index (χ4v) is 2.87. The maximum Gasteiger partial charge on any atom is 0.313 e. The predicted octanol–water partition coefficient (Wildman–Crippen LogP) is 3.22. The summed E-state index contributed by atoms with van der Waals surface area (Å²) in [6.45, 7) is 0. The molecule has 0 radical (unpaired) electrons. The van der Waals surface area contributed by atoms with E-state index in [-0.39, 0.29) is 12.2 Å². The van der Waals surface area contributed by atoms with E-state index in [4.69, 9.17) is 0 Å². The van der Waals surface area contributed by atoms with E-state index in [0.717, 1.165) is 11.1 Å². The second-order valence-corrected chi connectivity index (χ2v) is 5.08. The molecule has 0 amide bonds. The van der Waals surface area contributed by atoms with Crippen LogP contribution in [0.25, 0.3) is 11.1 Å². The molecule has 0 aliphatic rings. The first-order valence-corrected chi connectivity index (χ1v) is 6.74. The van der Waals surface area contributed by atoms with E-state index in [0.29, 0.717) is 4.88 Å². The summed E-state index contributed by atoms with van der Waals surface area (Å²) in [4.78, 5) is 23.3. The van der Waals surface area contributed by atoms with Crippen molar-refractivity contribution in [1.82, 2.24) is 0 Å². The van der Waals surface area contributed by atoms with Gasteiger partial charge < -0.3 is 4.74 Å². The number of hydrogen-bond acceptors (Lipinski definition) is 5. The van der Waals surface area contributed by atoms with Crippen molar-refractivity contribution >= 4 is 34.4 Å². The molecule has 0 spiro atoms. The summed E-state index contributed by atoms with van der Waals surface area (Å²) in [5.41, 5.74) is 2.12. The summed E-state index contributed by atoms with van der Waals surface area (Å²) < 4.78 is 4.47. The van der Waals surface area contributed by atoms with Crippen LogP contribution in [-0.4, -0.2) is 18.9 Å². The van der Waals surface area contributed by atoms with Gasteiger partial charge in [-0.2, -0.15) is 11.3 Å². The Bertz CT molecular complexity index is 526. The molecule has 2 aromatic rings. The molecule has 0 N–H and O–H groups in total. The van der Waals surface area contributed by atoms with E-state index in [1.165, 1.54) is 18.4 Å². The molecule has 2 aromatic heterocycles. The number of hydrogen-bond donors (Lipinski definition) is 0. The molecule has 0 saturated heterocycles. The lowest BCUT2D eigenvalue weighted by Gasteiger charge is -1.95. The highest BCUT2D eigenvalue weighted by molar-refractivity contribution is 7.12. The second kappa shape index (κ2) is 5.25. The number of carbonyl (C=O) groups excluding carboxylic acids is 2. The van der Waals surface area contributed by atoms with Gasteiger partial charge in [0.25, 0.3) is 0 Å². The molecule has 5 heteroatoms. The van der Waals surface area contributed by atoms with Crippen LogP contribution in [0.1, 0.15) is 16.1 Å². The molecule has 0 aliphatic carbocycles. The topological polar surface area (TPSA) is 43.4 Å². The Morgan fingerprint density at radius 2 is 2.12 bits per heavy atom. The van der Waals surface area contributed by atoms with Crippen LogP contribution < -0.4 is 0 Å². The van der Waals surface area contributed by atoms with Crippen molar-refractivity contribution in [3.8, 4) is 11.1 Å². The molecular weight excluding hydrogens is 256 g/mol. The van der Waals surface area contributed by atoms with Gasteiger partial charge in [-0.3, -0.25) is 9.59 Å². The number of carbonyl (C=O) groups is 2. The van der Waals surface area contributed by atoms with Crippen molar-refractivity contribution in [2.24, 2.45) is 0 Å². The van der Waals surface area contributed by atoms with Gasteiger partial charge in [-0.1, -0.05) is 0 Å². The van der Waals surface area contributed by atoms with Crippen LogP contribution in [0.15, 0.2) is 28.3 Å². The zero-order chi connectivity index (χ0) is 12.3. The summed E-state index contributed by atoms with van der Waals surface area (Å²) >= 11 is 2.97. The smallest absolute Gasteiger partial charge is 0.313 e. The number of methoxy groups -OCH3 is 1. The fraction of sp³-hybridized carbons (Fsp3) is 0.167. The molecule has 0 saturated carbocycles. The Kier molecular flexibility index (Phi) is 3.71. The monoisotopic (exact) mass is 266 g/mol. The first-order valence-electron chi connectivity index (χ1n) is 4.92. The molecule has 0 fully saturated rings. The number of thiophene rings is 2. The van der Waals surface area contributed by atoms with E-state index in [1.54, 1.807) is 11.3 Å². The Labute approximate surface area is 107 Å². The highest BCUT2D eigenvalue weighted by Crippen LogP contribution is 2.27. The van der Waals surface area contributed by atoms with Gasteiger partial charge in [0.2, 0.25) is 0 Å². The molecule has 0 atom stereocenters. The molecule has 0 aromatic carbocycles. The highest BCUT2D eigenvalue weighted by Gasteiger charge is 2.14. The average Bonchev–Trinajstić information content (AvgIpc) is 2.98. The van der Waals surface area contributed by atoms with Gasteiger partial charge in [0, 0.05) is 0 Å². The van der Waals surface area contributed by atoms with Crippen LogP contribution in [0.5, 0.6) is 0 Å². The van der Waals surface area contributed by atoms with Gasteiger partial charge in [0.15, 0.2) is 5.78 Å². The van der Waals surface area contributed by atoms with Crippen molar-refractivity contribution in [1.29, 1.82) is 0 Å². The van der Waals surface area contributed by atoms with Crippen molar-refractivity contribution < 1.29 is 14.3 Å². The van der Waals surface area contributed by atoms with E-state index in [9.17, 15) is 9.59 Å². The number of esters is 1. The third kappa shape index (κ3) is 2.81. The molecular formula is C12H10O3S2. The van der Waals surface area contributed by atoms with E-state index >= 15 is 0 Å². The number of rotatable bonds is 4. The summed E-state index contributed by atoms with van der Waals surface area (Å²) in [6.07, 6.45) is -0.194. The van der Waals surface area contributed by atoms with Gasteiger partial charge in [-0.05, 0) is 39.4 Å². The van der Waals surface area contributed by atoms with Crippen molar-refractivity contribution in [2.75, 3.05) is 7.11 Å². The van der Waals surface area contributed by atoms with Gasteiger partial charge in [-0.25, -0.2) is 0 Å². The van der Waals surface area contributed by atoms with Crippen molar-refractivity contribution in [3.05, 3.63) is 33.2 Å². The summed E-state index contributed by atoms with van der Waals surface area (Å²) in [5, 5.41) is 5.94. The zero-order valence-electron chi connectivity index (χ0n) is 9.14. The van der Waals surface area contributed by atoms with Gasteiger partial charge in [-0.15, -0.1) is 11.3 Å². The molecule has 2 heterocycles. The van der Waals surface area contributed by atoms with Crippen LogP contribution in [0.4, 0.5) is 0 Å². The maximum atomic E-state index is 11.7. The lowest BCUT2D eigenvalue weighted by Crippen LogP contribution is -2.08. The number of Topliss-reactive ketones (excluding diaryl/α,β-unsaturated/α-hetero) is 1. The maximum absolute atomic E-state index is 11.7. The minimum Gasteiger partial charge on any atom is -0.469 e. The predicted molar refractivity (Wildman–Crippen MR) is 68.6 cm³/mol. The van der Waals surface area contributed by atoms with Gasteiger partial charge in [0.1, 0.15) is 6.42 Å². The van der Waals surface area contributed by atoms with E-state index in [2.05, 4.69) is 4.74 Å². The standard InChI is InChI=1S/C12H10O3S2/c1-15-12(14)5-10(13)11-4-9(7-17-11)8-2-3-16-6-8/h2-4,6-7H,5H2,1H3. The Morgan fingerprint density at radius 3 is 2.76 bits per heavy atom. The normalized spacial score (nSPS) is 10.2. The summed E-state index contributed by atoms with van der Waals surface area (Å²) in [5.74, 6) is -0.691. The Hall–Kier alpha value is -1.46. The molecule has 2 rings (SSSR count). The lowest BCUT2D eigenvalue weighted by molar-refractivity contribution is -0.139. The van der Waals surface area contributed by atoms with Crippen LogP contribution >= 0.6 is 22.7 Å². The average molecular weight is 266 g/mol. The van der Waals surface area contributed by atoms with Gasteiger partial charge in [0.05, 0.1) is 12.0 Å². The third-order valence-electron chi connectivity index (χ3n) is 2.26. The third-order valence-corrected chi connectivity index (χ3v) is 3.92. The van der Waals surface area contributed by atoms with Gasteiger partial charge >= 0.3 is 5.97 Å². The van der Waals surface area contributed by atoms with E-state index in [1.807, 2.05) is 28.3 Å². The Balaban J connectivity index is 2.13. The quantitative estimate of drug-likeness (QED) is 0.485. The molecule has 0 aliphatic heterocycles. The molecule has 88 valence electrons. The Morgan fingerprint density at radius 1 is 1.29 bits per heavy atom. The van der Waals surface area contributed by atoms with Crippen molar-refractivity contribution in [2.45, 2.75) is 6.42 Å². The molecule has 0 bridgehead atoms. The fourth-order valence-electron chi connectivity index (χ4n) is 1.35. The van der Waals surface area contributed by atoms with Crippen LogP contribution in [-0.2, 0) is 9.53 Å². The van der Waals surface area contributed by atoms with Crippen LogP contribution in [0, 0.1) is 0 Å². The SMILES string of the molecule is COC(=O)CC(=O)c1cc(-c2ccsc2)cs1. The second-order valence-electron chi connectivity index (χ2n) is 3.39. The summed E-state index contributed by atoms with van der Waals surface area (Å²) in [7, 11) is 1.28. The first-order chi connectivity index (χ1) is 8.20. The van der Waals surface area contributed by atoms with E-state index < -0.39 is 5.97 Å². The largest absolute Gasteiger partial charge is 0.469 e. The summed E-state index contributed by atoms with van der Waals surface area (Å²) in [6, 6.07) is 3.82. The molecule has 0 unspecified atom stereocenters. The minimum absolute atomic E-state index is 0.191. The van der Waals surface area contributed by atoms with Crippen LogP contribution in [0.3, 0.4) is 0 Å². The van der Waals surface area contributed by atoms with Crippen molar-refractivity contribution in [3.63, 3.8) is 0 Å². The molecule has 17 heavy (non-hydrogen) atoms. The zero-order valence-corrected chi connectivity index (χ0v) is 10.8. The number of ether oxygens (including phenoxy) is 1. The first kappa shape index (κ1) is 12.0. The number of ketones is 1. The molecule has 3 nitrogen and oxygen atoms in total. The lowest BCUT2D eigenvalue weighted by atomic mass is 10.1. The van der Waals surface area contributed by atoms with Crippen LogP contribution in [0.2, 0.25) is 0 Å². The minimum atomic E-state index is -0.500. The highest BCUT2D eigenvalue weighted by atomic mass is 32.1.